The Balaban J connectivity index is 0.00000576. The van der Waals surface area contributed by atoms with Gasteiger partial charge in [0.25, 0.3) is 0 Å². The maximum atomic E-state index is 11.3. The van der Waals surface area contributed by atoms with Gasteiger partial charge >= 0.3 is 0 Å². The van der Waals surface area contributed by atoms with Crippen LogP contribution in [0.3, 0.4) is 0 Å². The van der Waals surface area contributed by atoms with Crippen molar-refractivity contribution in [1.82, 2.24) is 15.5 Å². The zero-order valence-electron chi connectivity index (χ0n) is 16.2. The lowest BCUT2D eigenvalue weighted by molar-refractivity contribution is 0.216. The number of nitrogens with zero attached hydrogens (tertiary/aromatic N) is 2. The van der Waals surface area contributed by atoms with Gasteiger partial charge in [-0.15, -0.1) is 24.0 Å². The Hall–Kier alpha value is 0.260. The molecule has 25 heavy (non-hydrogen) atoms. The number of hydrogen-bond acceptors (Lipinski definition) is 5. The highest BCUT2D eigenvalue weighted by molar-refractivity contribution is 14.0. The van der Waals surface area contributed by atoms with Crippen LogP contribution in [0.1, 0.15) is 33.6 Å². The summed E-state index contributed by atoms with van der Waals surface area (Å²) < 4.78 is 22.7. The molecule has 0 aromatic carbocycles. The third-order valence-electron chi connectivity index (χ3n) is 4.22. The number of aliphatic imine (C=N–C) groups is 1. The fraction of sp³-hybridized carbons (Fsp3) is 0.938. The molecule has 1 aliphatic rings. The van der Waals surface area contributed by atoms with Gasteiger partial charge in [0.2, 0.25) is 0 Å². The number of halogens is 1. The zero-order chi connectivity index (χ0) is 18.2. The molecule has 0 saturated carbocycles. The van der Waals surface area contributed by atoms with Crippen molar-refractivity contribution in [2.24, 2.45) is 4.99 Å². The van der Waals surface area contributed by atoms with E-state index in [2.05, 4.69) is 42.6 Å². The van der Waals surface area contributed by atoms with E-state index in [1.165, 1.54) is 6.26 Å². The molecule has 0 unspecified atom stereocenters. The maximum Gasteiger partial charge on any atom is 0.191 e. The summed E-state index contributed by atoms with van der Waals surface area (Å²) in [6.45, 7) is 10.6. The van der Waals surface area contributed by atoms with E-state index in [1.54, 1.807) is 0 Å². The van der Waals surface area contributed by atoms with E-state index in [-0.39, 0.29) is 34.5 Å². The van der Waals surface area contributed by atoms with Crippen LogP contribution in [0.15, 0.2) is 4.99 Å². The number of sulfone groups is 1. The molecule has 1 fully saturated rings. The monoisotopic (exact) mass is 506 g/mol. The summed E-state index contributed by atoms with van der Waals surface area (Å²) >= 11 is 1.82. The molecule has 0 aromatic rings. The molecule has 9 heteroatoms. The van der Waals surface area contributed by atoms with Gasteiger partial charge in [-0.1, -0.05) is 0 Å². The predicted molar refractivity (Wildman–Crippen MR) is 121 cm³/mol. The molecular weight excluding hydrogens is 471 g/mol. The molecule has 0 bridgehead atoms. The van der Waals surface area contributed by atoms with E-state index in [0.717, 1.165) is 45.0 Å². The lowest BCUT2D eigenvalue weighted by Gasteiger charge is -2.33. The summed E-state index contributed by atoms with van der Waals surface area (Å²) in [5.74, 6) is 1.13. The lowest BCUT2D eigenvalue weighted by atomic mass is 10.1. The van der Waals surface area contributed by atoms with Crippen LogP contribution in [0, 0.1) is 0 Å². The van der Waals surface area contributed by atoms with Crippen LogP contribution in [0.4, 0.5) is 0 Å². The molecule has 1 rings (SSSR count). The van der Waals surface area contributed by atoms with Crippen molar-refractivity contribution >= 4 is 51.5 Å². The molecule has 0 aromatic heterocycles. The smallest absolute Gasteiger partial charge is 0.191 e. The van der Waals surface area contributed by atoms with Crippen LogP contribution >= 0.6 is 35.7 Å². The van der Waals surface area contributed by atoms with Crippen LogP contribution in [0.2, 0.25) is 0 Å². The average molecular weight is 507 g/mol. The highest BCUT2D eigenvalue weighted by atomic mass is 127. The first-order valence-corrected chi connectivity index (χ1v) is 11.9. The maximum absolute atomic E-state index is 11.3. The lowest BCUT2D eigenvalue weighted by Crippen LogP contribution is -2.49. The summed E-state index contributed by atoms with van der Waals surface area (Å²) in [6, 6.07) is 0.398. The van der Waals surface area contributed by atoms with Gasteiger partial charge in [-0.05, 0) is 39.9 Å². The normalized spacial score (nSPS) is 17.9. The molecular formula is C16H35IN4O2S2. The molecule has 0 spiro atoms. The molecule has 0 radical (unpaired) electrons. The highest BCUT2D eigenvalue weighted by Crippen LogP contribution is 2.21. The second-order valence-corrected chi connectivity index (χ2v) is 10.8. The quantitative estimate of drug-likeness (QED) is 0.297. The Morgan fingerprint density at radius 1 is 1.32 bits per heavy atom. The van der Waals surface area contributed by atoms with Gasteiger partial charge < -0.3 is 15.5 Å². The zero-order valence-corrected chi connectivity index (χ0v) is 20.1. The molecule has 2 N–H and O–H groups in total. The number of rotatable bonds is 8. The van der Waals surface area contributed by atoms with Crippen LogP contribution in [-0.2, 0) is 9.84 Å². The molecule has 0 atom stereocenters. The number of guanidine groups is 1. The molecule has 150 valence electrons. The number of nitrogens with one attached hydrogen (secondary N) is 2. The van der Waals surface area contributed by atoms with Crippen molar-refractivity contribution in [2.75, 3.05) is 51.0 Å². The van der Waals surface area contributed by atoms with E-state index in [9.17, 15) is 8.42 Å². The first-order chi connectivity index (χ1) is 11.1. The van der Waals surface area contributed by atoms with Crippen molar-refractivity contribution in [3.05, 3.63) is 0 Å². The minimum absolute atomic E-state index is 0. The second kappa shape index (κ2) is 11.9. The van der Waals surface area contributed by atoms with Crippen molar-refractivity contribution < 1.29 is 8.42 Å². The molecule has 0 amide bonds. The summed E-state index contributed by atoms with van der Waals surface area (Å²) in [4.78, 5) is 6.95. The molecule has 1 saturated heterocycles. The topological polar surface area (TPSA) is 73.8 Å². The van der Waals surface area contributed by atoms with Gasteiger partial charge in [0.1, 0.15) is 9.84 Å². The van der Waals surface area contributed by atoms with E-state index in [1.807, 2.05) is 11.8 Å². The second-order valence-electron chi connectivity index (χ2n) is 7.05. The highest BCUT2D eigenvalue weighted by Gasteiger charge is 2.21. The summed E-state index contributed by atoms with van der Waals surface area (Å²) in [7, 11) is -2.88. The average Bonchev–Trinajstić information content (AvgIpc) is 2.51. The van der Waals surface area contributed by atoms with E-state index in [0.29, 0.717) is 12.6 Å². The van der Waals surface area contributed by atoms with Gasteiger partial charge in [0, 0.05) is 43.2 Å². The predicted octanol–water partition coefficient (Wildman–Crippen LogP) is 1.81. The Kier molecular flexibility index (Phi) is 12.0. The van der Waals surface area contributed by atoms with Crippen LogP contribution in [-0.4, -0.2) is 81.1 Å². The third kappa shape index (κ3) is 11.6. The largest absolute Gasteiger partial charge is 0.357 e. The molecule has 6 nitrogen and oxygen atoms in total. The number of hydrogen-bond donors (Lipinski definition) is 2. The van der Waals surface area contributed by atoms with Gasteiger partial charge in [-0.25, -0.2) is 8.42 Å². The molecule has 1 aliphatic heterocycles. The van der Waals surface area contributed by atoms with E-state index >= 15 is 0 Å². The SMILES string of the molecule is CCNC(=NCC(C)(C)SC)NC1CCN(CCS(C)(=O)=O)CC1.I. The fourth-order valence-corrected chi connectivity index (χ4v) is 3.23. The van der Waals surface area contributed by atoms with Crippen LogP contribution in [0.25, 0.3) is 0 Å². The standard InChI is InChI=1S/C16H34N4O2S2.HI/c1-6-17-15(18-13-16(2,3)23-4)19-14-7-9-20(10-8-14)11-12-24(5,21)22;/h14H,6-13H2,1-5H3,(H2,17,18,19);1H. The van der Waals surface area contributed by atoms with Crippen LogP contribution < -0.4 is 10.6 Å². The Morgan fingerprint density at radius 2 is 1.92 bits per heavy atom. The number of thioether (sulfide) groups is 1. The molecule has 0 aliphatic carbocycles. The number of likely N-dealkylation sites (tertiary alicyclic amines) is 1. The number of piperidine rings is 1. The fourth-order valence-electron chi connectivity index (χ4n) is 2.44. The van der Waals surface area contributed by atoms with E-state index < -0.39 is 9.84 Å². The first-order valence-electron chi connectivity index (χ1n) is 8.65. The van der Waals surface area contributed by atoms with Gasteiger partial charge in [0.15, 0.2) is 5.96 Å². The van der Waals surface area contributed by atoms with Crippen molar-refractivity contribution in [3.8, 4) is 0 Å². The van der Waals surface area contributed by atoms with Gasteiger partial charge in [0.05, 0.1) is 12.3 Å². The van der Waals surface area contributed by atoms with Gasteiger partial charge in [-0.3, -0.25) is 4.99 Å². The summed E-state index contributed by atoms with van der Waals surface area (Å²) in [6.07, 6.45) is 5.44. The summed E-state index contributed by atoms with van der Waals surface area (Å²) in [5.41, 5.74) is 0. The molecule has 1 heterocycles. The Labute approximate surface area is 175 Å². The minimum atomic E-state index is -2.88. The Morgan fingerprint density at radius 3 is 2.40 bits per heavy atom. The Bertz CT molecular complexity index is 504. The summed E-state index contributed by atoms with van der Waals surface area (Å²) in [5, 5.41) is 6.85. The van der Waals surface area contributed by atoms with Gasteiger partial charge in [-0.2, -0.15) is 11.8 Å². The van der Waals surface area contributed by atoms with Crippen molar-refractivity contribution in [1.29, 1.82) is 0 Å². The van der Waals surface area contributed by atoms with Crippen molar-refractivity contribution in [3.63, 3.8) is 0 Å². The first kappa shape index (κ1) is 25.3. The van der Waals surface area contributed by atoms with Crippen LogP contribution in [0.5, 0.6) is 0 Å². The third-order valence-corrected chi connectivity index (χ3v) is 6.38. The van der Waals surface area contributed by atoms with Crippen molar-refractivity contribution in [2.45, 2.75) is 44.4 Å². The van der Waals surface area contributed by atoms with E-state index in [4.69, 9.17) is 4.99 Å². The minimum Gasteiger partial charge on any atom is -0.357 e.